The lowest BCUT2D eigenvalue weighted by atomic mass is 9.73. The molecule has 1 aromatic heterocycles. The zero-order chi connectivity index (χ0) is 38.9. The number of nitrogens with one attached hydrogen (secondary N) is 3. The molecule has 0 radical (unpaired) electrons. The van der Waals surface area contributed by atoms with E-state index in [0.717, 1.165) is 41.9 Å². The lowest BCUT2D eigenvalue weighted by Gasteiger charge is -2.39. The maximum atomic E-state index is 14.9. The van der Waals surface area contributed by atoms with Crippen molar-refractivity contribution in [3.63, 3.8) is 0 Å². The highest BCUT2D eigenvalue weighted by Crippen LogP contribution is 2.49. The molecular weight excluding hydrogens is 752 g/mol. The number of nitrogens with zero attached hydrogens (tertiary/aromatic N) is 3. The number of benzene rings is 3. The molecule has 10 nitrogen and oxygen atoms in total. The van der Waals surface area contributed by atoms with Gasteiger partial charge in [-0.3, -0.25) is 20.5 Å². The summed E-state index contributed by atoms with van der Waals surface area (Å²) in [6.45, 7) is 6.83. The molecule has 3 aromatic carbocycles. The Balaban J connectivity index is 0.915. The number of imidazole rings is 1. The minimum Gasteiger partial charge on any atom is -0.444 e. The summed E-state index contributed by atoms with van der Waals surface area (Å²) < 4.78 is 77.6. The van der Waals surface area contributed by atoms with E-state index in [4.69, 9.17) is 30.8 Å². The number of hydrogen-bond acceptors (Lipinski definition) is 8. The first-order valence-corrected chi connectivity index (χ1v) is 19.6. The number of ether oxygens (including phenoxy) is 3. The summed E-state index contributed by atoms with van der Waals surface area (Å²) in [6.07, 6.45) is -0.201. The molecule has 0 bridgehead atoms. The number of alkyl halides is 3. The Hall–Kier alpha value is -4.21. The average Bonchev–Trinajstić information content (AvgIpc) is 3.80. The van der Waals surface area contributed by atoms with Crippen LogP contribution in [-0.4, -0.2) is 70.5 Å². The van der Waals surface area contributed by atoms with Crippen LogP contribution in [0, 0.1) is 17.7 Å². The summed E-state index contributed by atoms with van der Waals surface area (Å²) >= 11 is 6.00. The maximum absolute atomic E-state index is 14.9. The van der Waals surface area contributed by atoms with Crippen molar-refractivity contribution in [1.82, 2.24) is 30.6 Å². The van der Waals surface area contributed by atoms with Crippen LogP contribution in [0.25, 0.3) is 16.6 Å². The molecule has 5 heterocycles. The predicted octanol–water partition coefficient (Wildman–Crippen LogP) is 7.10. The van der Waals surface area contributed by atoms with Crippen LogP contribution in [0.2, 0.25) is 5.02 Å². The van der Waals surface area contributed by atoms with Crippen LogP contribution >= 0.6 is 11.6 Å². The van der Waals surface area contributed by atoms with E-state index in [0.29, 0.717) is 55.2 Å². The molecule has 2 saturated heterocycles. The molecule has 56 heavy (non-hydrogen) atoms. The number of rotatable bonds is 8. The normalized spacial score (nSPS) is 28.9. The van der Waals surface area contributed by atoms with Crippen molar-refractivity contribution in [2.75, 3.05) is 19.7 Å². The number of halogens is 5. The van der Waals surface area contributed by atoms with Crippen molar-refractivity contribution < 1.29 is 36.6 Å². The van der Waals surface area contributed by atoms with Crippen LogP contribution in [0.15, 0.2) is 60.7 Å². The molecule has 1 aliphatic carbocycles. The van der Waals surface area contributed by atoms with Gasteiger partial charge in [0.05, 0.1) is 41.7 Å². The summed E-state index contributed by atoms with van der Waals surface area (Å²) in [5.41, 5.74) is 9.93. The Bertz CT molecular complexity index is 2210. The Morgan fingerprint density at radius 3 is 2.68 bits per heavy atom. The van der Waals surface area contributed by atoms with Gasteiger partial charge in [0, 0.05) is 60.9 Å². The Labute approximate surface area is 326 Å². The van der Waals surface area contributed by atoms with Crippen LogP contribution in [0.3, 0.4) is 0 Å². The fraction of sp³-hybridized carbons (Fsp3) is 0.463. The third-order valence-electron chi connectivity index (χ3n) is 12.1. The summed E-state index contributed by atoms with van der Waals surface area (Å²) in [4.78, 5) is 20.9. The van der Waals surface area contributed by atoms with E-state index in [1.54, 1.807) is 31.2 Å². The molecule has 1 amide bonds. The number of para-hydroxylation sites is 1. The summed E-state index contributed by atoms with van der Waals surface area (Å²) in [5.74, 6) is -2.13. The minimum atomic E-state index is -4.38. The number of carbonyl (C=O) groups is 1. The third-order valence-corrected chi connectivity index (χ3v) is 12.4. The molecule has 0 spiro atoms. The van der Waals surface area contributed by atoms with Crippen molar-refractivity contribution in [2.45, 2.75) is 88.8 Å². The number of carbonyl (C=O) groups excluding carboxylic acids is 1. The highest BCUT2D eigenvalue weighted by Gasteiger charge is 2.54. The minimum absolute atomic E-state index is 0.0649. The predicted molar refractivity (Wildman–Crippen MR) is 201 cm³/mol. The first kappa shape index (κ1) is 37.4. The van der Waals surface area contributed by atoms with Crippen LogP contribution in [0.5, 0.6) is 11.5 Å². The second-order valence-electron chi connectivity index (χ2n) is 15.8. The molecule has 1 saturated carbocycles. The standard InChI is InChI=1S/C41H43ClF4N6O4/c1-22-29-18-26(19-31(41(44,45)46)37(29)50-49-22)47-39(53)24-6-9-34-33(16-24)48-36(52(34)20-27-12-15-54-27)21-51-13-10-23(11-14-51)28-4-3-5-35-38(28)56-40(2,55-35)30-8-7-25(42)17-32(30)43/h3-10,16-17,22,26-27,29,31,37,49-50H,11-15,18-21H2,1-2H3,(H,47,53)/t22?,26?,27?,29?,31?,37?,40-/m0/s1. The van der Waals surface area contributed by atoms with Gasteiger partial charge in [-0.2, -0.15) is 13.2 Å². The second kappa shape index (κ2) is 14.3. The Kier molecular flexibility index (Phi) is 9.55. The molecule has 15 heteroatoms. The van der Waals surface area contributed by atoms with E-state index in [1.165, 1.54) is 6.07 Å². The van der Waals surface area contributed by atoms with Crippen molar-refractivity contribution in [3.8, 4) is 11.5 Å². The van der Waals surface area contributed by atoms with Gasteiger partial charge in [-0.15, -0.1) is 0 Å². The zero-order valence-corrected chi connectivity index (χ0v) is 31.7. The van der Waals surface area contributed by atoms with Gasteiger partial charge in [0.1, 0.15) is 11.6 Å². The molecule has 3 N–H and O–H groups in total. The highest BCUT2D eigenvalue weighted by atomic mass is 35.5. The number of hydrazine groups is 1. The molecule has 5 aliphatic rings. The maximum Gasteiger partial charge on any atom is 0.393 e. The van der Waals surface area contributed by atoms with Crippen molar-refractivity contribution in [3.05, 3.63) is 94.0 Å². The smallest absolute Gasteiger partial charge is 0.393 e. The monoisotopic (exact) mass is 794 g/mol. The van der Waals surface area contributed by atoms with Crippen LogP contribution < -0.4 is 25.6 Å². The summed E-state index contributed by atoms with van der Waals surface area (Å²) in [5, 5.41) is 3.21. The van der Waals surface area contributed by atoms with Crippen LogP contribution in [-0.2, 0) is 23.6 Å². The third kappa shape index (κ3) is 6.93. The molecule has 7 atom stereocenters. The van der Waals surface area contributed by atoms with E-state index in [-0.39, 0.29) is 35.1 Å². The fourth-order valence-electron chi connectivity index (χ4n) is 9.03. The average molecular weight is 795 g/mol. The van der Waals surface area contributed by atoms with Gasteiger partial charge in [-0.05, 0) is 86.6 Å². The number of aromatic nitrogens is 2. The van der Waals surface area contributed by atoms with Crippen molar-refractivity contribution in [1.29, 1.82) is 0 Å². The van der Waals surface area contributed by atoms with E-state index in [2.05, 4.69) is 31.7 Å². The molecule has 9 rings (SSSR count). The molecule has 6 unspecified atom stereocenters. The zero-order valence-electron chi connectivity index (χ0n) is 31.0. The number of hydrogen-bond donors (Lipinski definition) is 3. The largest absolute Gasteiger partial charge is 0.444 e. The van der Waals surface area contributed by atoms with Crippen LogP contribution in [0.1, 0.15) is 66.8 Å². The first-order valence-electron chi connectivity index (χ1n) is 19.2. The van der Waals surface area contributed by atoms with Gasteiger partial charge in [-0.25, -0.2) is 9.37 Å². The second-order valence-corrected chi connectivity index (χ2v) is 16.2. The van der Waals surface area contributed by atoms with E-state index >= 15 is 0 Å². The number of amides is 1. The van der Waals surface area contributed by atoms with Gasteiger partial charge in [0.25, 0.3) is 11.7 Å². The SMILES string of the molecule is CC1NNC2C1CC(NC(=O)c1ccc3c(c1)nc(CN1CC=C(c4cccc5c4O[C@@](C)(c4ccc(Cl)cc4F)O5)CC1)n3CC1CCO1)CC2C(F)(F)F. The van der Waals surface area contributed by atoms with E-state index in [1.807, 2.05) is 31.2 Å². The molecule has 3 fully saturated rings. The van der Waals surface area contributed by atoms with Crippen molar-refractivity contribution in [2.24, 2.45) is 11.8 Å². The van der Waals surface area contributed by atoms with Crippen LogP contribution in [0.4, 0.5) is 17.6 Å². The van der Waals surface area contributed by atoms with E-state index < -0.39 is 41.7 Å². The molecular formula is C41H43ClF4N6O4. The Morgan fingerprint density at radius 1 is 1.11 bits per heavy atom. The van der Waals surface area contributed by atoms with Gasteiger partial charge in [0.15, 0.2) is 11.5 Å². The first-order chi connectivity index (χ1) is 26.8. The highest BCUT2D eigenvalue weighted by molar-refractivity contribution is 6.30. The molecule has 4 aliphatic heterocycles. The summed E-state index contributed by atoms with van der Waals surface area (Å²) in [6, 6.07) is 14.0. The van der Waals surface area contributed by atoms with Crippen molar-refractivity contribution >= 4 is 34.1 Å². The lowest BCUT2D eigenvalue weighted by molar-refractivity contribution is -0.193. The fourth-order valence-corrected chi connectivity index (χ4v) is 9.19. The lowest BCUT2D eigenvalue weighted by Crippen LogP contribution is -2.53. The topological polar surface area (TPSA) is 102 Å². The van der Waals surface area contributed by atoms with Gasteiger partial charge < -0.3 is 24.1 Å². The van der Waals surface area contributed by atoms with E-state index in [9.17, 15) is 22.4 Å². The van der Waals surface area contributed by atoms with Gasteiger partial charge in [-0.1, -0.05) is 29.8 Å². The summed E-state index contributed by atoms with van der Waals surface area (Å²) in [7, 11) is 0. The van der Waals surface area contributed by atoms with Gasteiger partial charge in [0.2, 0.25) is 0 Å². The molecule has 296 valence electrons. The Morgan fingerprint density at radius 2 is 1.95 bits per heavy atom. The number of fused-ring (bicyclic) bond motifs is 3. The van der Waals surface area contributed by atoms with Gasteiger partial charge >= 0.3 is 6.18 Å². The molecule has 4 aromatic rings. The quantitative estimate of drug-likeness (QED) is 0.163.